The number of benzene rings is 1. The van der Waals surface area contributed by atoms with Crippen molar-refractivity contribution in [2.45, 2.75) is 32.9 Å². The maximum atomic E-state index is 3.75. The minimum atomic E-state index is 0.375. The molecule has 1 unspecified atom stereocenters. The largest absolute Gasteiger partial charge is 0.307 e. The second kappa shape index (κ2) is 5.61. The van der Waals surface area contributed by atoms with Crippen LogP contribution in [0.15, 0.2) is 36.9 Å². The molecule has 1 rings (SSSR count). The SMILES string of the molecule is C=CC(C)NCc1ccccc1CC. The van der Waals surface area contributed by atoms with Crippen LogP contribution in [0.4, 0.5) is 0 Å². The predicted octanol–water partition coefficient (Wildman–Crippen LogP) is 2.91. The summed E-state index contributed by atoms with van der Waals surface area (Å²) >= 11 is 0. The predicted molar refractivity (Wildman–Crippen MR) is 62.3 cm³/mol. The van der Waals surface area contributed by atoms with E-state index < -0.39 is 0 Å². The van der Waals surface area contributed by atoms with Crippen molar-refractivity contribution < 1.29 is 0 Å². The Labute approximate surface area is 86.8 Å². The van der Waals surface area contributed by atoms with Crippen molar-refractivity contribution in [3.05, 3.63) is 48.0 Å². The lowest BCUT2D eigenvalue weighted by atomic mass is 10.1. The first kappa shape index (κ1) is 11.0. The number of rotatable bonds is 5. The molecule has 0 aliphatic carbocycles. The molecule has 0 aliphatic heterocycles. The Kier molecular flexibility index (Phi) is 4.41. The summed E-state index contributed by atoms with van der Waals surface area (Å²) in [4.78, 5) is 0. The van der Waals surface area contributed by atoms with Crippen LogP contribution in [0.2, 0.25) is 0 Å². The van der Waals surface area contributed by atoms with Gasteiger partial charge in [-0.2, -0.15) is 0 Å². The molecule has 0 amide bonds. The molecule has 0 bridgehead atoms. The summed E-state index contributed by atoms with van der Waals surface area (Å²) < 4.78 is 0. The van der Waals surface area contributed by atoms with Crippen molar-refractivity contribution in [3.63, 3.8) is 0 Å². The van der Waals surface area contributed by atoms with E-state index >= 15 is 0 Å². The molecule has 14 heavy (non-hydrogen) atoms. The highest BCUT2D eigenvalue weighted by atomic mass is 14.9. The monoisotopic (exact) mass is 189 g/mol. The van der Waals surface area contributed by atoms with Gasteiger partial charge in [0, 0.05) is 12.6 Å². The fraction of sp³-hybridized carbons (Fsp3) is 0.385. The lowest BCUT2D eigenvalue weighted by molar-refractivity contribution is 0.631. The van der Waals surface area contributed by atoms with E-state index in [2.05, 4.69) is 50.0 Å². The molecule has 0 radical (unpaired) electrons. The molecule has 0 spiro atoms. The van der Waals surface area contributed by atoms with Crippen molar-refractivity contribution >= 4 is 0 Å². The summed E-state index contributed by atoms with van der Waals surface area (Å²) in [5.74, 6) is 0. The van der Waals surface area contributed by atoms with Crippen LogP contribution in [-0.2, 0) is 13.0 Å². The van der Waals surface area contributed by atoms with E-state index in [0.29, 0.717) is 6.04 Å². The first-order valence-corrected chi connectivity index (χ1v) is 5.20. The van der Waals surface area contributed by atoms with E-state index in [0.717, 1.165) is 13.0 Å². The van der Waals surface area contributed by atoms with Crippen LogP contribution in [0.5, 0.6) is 0 Å². The van der Waals surface area contributed by atoms with Gasteiger partial charge in [0.15, 0.2) is 0 Å². The van der Waals surface area contributed by atoms with Gasteiger partial charge in [0.1, 0.15) is 0 Å². The van der Waals surface area contributed by atoms with Gasteiger partial charge in [-0.15, -0.1) is 6.58 Å². The first-order valence-electron chi connectivity index (χ1n) is 5.20. The van der Waals surface area contributed by atoms with E-state index in [1.807, 2.05) is 6.08 Å². The zero-order valence-corrected chi connectivity index (χ0v) is 9.09. The number of aryl methyl sites for hydroxylation is 1. The zero-order valence-electron chi connectivity index (χ0n) is 9.09. The van der Waals surface area contributed by atoms with E-state index in [1.54, 1.807) is 0 Å². The highest BCUT2D eigenvalue weighted by molar-refractivity contribution is 5.26. The lowest BCUT2D eigenvalue weighted by Crippen LogP contribution is -2.23. The number of hydrogen-bond donors (Lipinski definition) is 1. The Hall–Kier alpha value is -1.08. The third kappa shape index (κ3) is 3.00. The third-order valence-corrected chi connectivity index (χ3v) is 2.47. The fourth-order valence-electron chi connectivity index (χ4n) is 1.43. The molecule has 0 saturated carbocycles. The van der Waals surface area contributed by atoms with Crippen LogP contribution in [0.1, 0.15) is 25.0 Å². The van der Waals surface area contributed by atoms with Gasteiger partial charge in [-0.1, -0.05) is 37.3 Å². The maximum Gasteiger partial charge on any atom is 0.0222 e. The van der Waals surface area contributed by atoms with Gasteiger partial charge < -0.3 is 5.32 Å². The number of nitrogens with one attached hydrogen (secondary N) is 1. The average molecular weight is 189 g/mol. The van der Waals surface area contributed by atoms with Crippen molar-refractivity contribution in [2.75, 3.05) is 0 Å². The van der Waals surface area contributed by atoms with Crippen LogP contribution >= 0.6 is 0 Å². The molecule has 1 aromatic carbocycles. The zero-order chi connectivity index (χ0) is 10.4. The Morgan fingerprint density at radius 1 is 1.36 bits per heavy atom. The maximum absolute atomic E-state index is 3.75. The minimum Gasteiger partial charge on any atom is -0.307 e. The highest BCUT2D eigenvalue weighted by Gasteiger charge is 2.00. The second-order valence-electron chi connectivity index (χ2n) is 3.53. The van der Waals surface area contributed by atoms with Gasteiger partial charge in [-0.05, 0) is 24.5 Å². The molecule has 1 N–H and O–H groups in total. The molecule has 0 heterocycles. The molecule has 1 atom stereocenters. The summed E-state index contributed by atoms with van der Waals surface area (Å²) in [7, 11) is 0. The second-order valence-corrected chi connectivity index (χ2v) is 3.53. The Bertz CT molecular complexity index is 291. The van der Waals surface area contributed by atoms with Crippen LogP contribution in [-0.4, -0.2) is 6.04 Å². The summed E-state index contributed by atoms with van der Waals surface area (Å²) in [6, 6.07) is 8.94. The lowest BCUT2D eigenvalue weighted by Gasteiger charge is -2.11. The van der Waals surface area contributed by atoms with Gasteiger partial charge in [0.2, 0.25) is 0 Å². The first-order chi connectivity index (χ1) is 6.77. The standard InChI is InChI=1S/C13H19N/c1-4-11(3)14-10-13-9-7-6-8-12(13)5-2/h4,6-9,11,14H,1,5,10H2,2-3H3. The minimum absolute atomic E-state index is 0.375. The normalized spacial score (nSPS) is 12.4. The molecule has 0 aliphatic rings. The van der Waals surface area contributed by atoms with Gasteiger partial charge in [-0.25, -0.2) is 0 Å². The van der Waals surface area contributed by atoms with Crippen molar-refractivity contribution in [2.24, 2.45) is 0 Å². The number of hydrogen-bond acceptors (Lipinski definition) is 1. The smallest absolute Gasteiger partial charge is 0.0222 e. The molecule has 76 valence electrons. The van der Waals surface area contributed by atoms with Gasteiger partial charge >= 0.3 is 0 Å². The van der Waals surface area contributed by atoms with Gasteiger partial charge in [0.25, 0.3) is 0 Å². The Balaban J connectivity index is 2.61. The molecule has 1 aromatic rings. The van der Waals surface area contributed by atoms with Crippen LogP contribution in [0, 0.1) is 0 Å². The van der Waals surface area contributed by atoms with Crippen molar-refractivity contribution in [1.82, 2.24) is 5.32 Å². The Morgan fingerprint density at radius 2 is 2.00 bits per heavy atom. The van der Waals surface area contributed by atoms with E-state index in [-0.39, 0.29) is 0 Å². The van der Waals surface area contributed by atoms with E-state index in [1.165, 1.54) is 11.1 Å². The summed E-state index contributed by atoms with van der Waals surface area (Å²) in [5, 5.41) is 3.41. The van der Waals surface area contributed by atoms with Crippen LogP contribution in [0.25, 0.3) is 0 Å². The molecular formula is C13H19N. The summed E-state index contributed by atoms with van der Waals surface area (Å²) in [6.07, 6.45) is 3.02. The molecule has 0 aromatic heterocycles. The molecule has 0 saturated heterocycles. The van der Waals surface area contributed by atoms with Crippen LogP contribution in [0.3, 0.4) is 0 Å². The van der Waals surface area contributed by atoms with Gasteiger partial charge in [0.05, 0.1) is 0 Å². The molecular weight excluding hydrogens is 170 g/mol. The van der Waals surface area contributed by atoms with E-state index in [4.69, 9.17) is 0 Å². The molecule has 1 nitrogen and oxygen atoms in total. The molecule has 1 heteroatoms. The topological polar surface area (TPSA) is 12.0 Å². The summed E-state index contributed by atoms with van der Waals surface area (Å²) in [5.41, 5.74) is 2.82. The Morgan fingerprint density at radius 3 is 2.57 bits per heavy atom. The fourth-order valence-corrected chi connectivity index (χ4v) is 1.43. The van der Waals surface area contributed by atoms with Crippen molar-refractivity contribution in [1.29, 1.82) is 0 Å². The van der Waals surface area contributed by atoms with Crippen molar-refractivity contribution in [3.8, 4) is 0 Å². The quantitative estimate of drug-likeness (QED) is 0.702. The third-order valence-electron chi connectivity index (χ3n) is 2.47. The summed E-state index contributed by atoms with van der Waals surface area (Å²) in [6.45, 7) is 8.98. The molecule has 0 fully saturated rings. The average Bonchev–Trinajstić information content (AvgIpc) is 2.26. The van der Waals surface area contributed by atoms with Crippen LogP contribution < -0.4 is 5.32 Å². The highest BCUT2D eigenvalue weighted by Crippen LogP contribution is 2.09. The van der Waals surface area contributed by atoms with Gasteiger partial charge in [-0.3, -0.25) is 0 Å². The van der Waals surface area contributed by atoms with E-state index in [9.17, 15) is 0 Å².